The summed E-state index contributed by atoms with van der Waals surface area (Å²) < 4.78 is 0. The Morgan fingerprint density at radius 3 is 2.50 bits per heavy atom. The van der Waals surface area contributed by atoms with Crippen LogP contribution in [0.2, 0.25) is 0 Å². The van der Waals surface area contributed by atoms with E-state index in [1.54, 1.807) is 0 Å². The maximum atomic E-state index is 8.48. The van der Waals surface area contributed by atoms with Gasteiger partial charge in [-0.25, -0.2) is 0 Å². The maximum Gasteiger partial charge on any atom is 0.183 e. The van der Waals surface area contributed by atoms with E-state index in [0.29, 0.717) is 11.7 Å². The molecule has 0 aliphatic rings. The summed E-state index contributed by atoms with van der Waals surface area (Å²) >= 11 is 1.44. The van der Waals surface area contributed by atoms with Crippen LogP contribution in [-0.4, -0.2) is 11.4 Å². The Morgan fingerprint density at radius 1 is 1.38 bits per heavy atom. The van der Waals surface area contributed by atoms with Crippen molar-refractivity contribution in [2.75, 3.05) is 6.26 Å². The van der Waals surface area contributed by atoms with Gasteiger partial charge in [0.2, 0.25) is 0 Å². The number of benzene rings is 1. The topological polar surface area (TPSA) is 48.2 Å². The lowest BCUT2D eigenvalue weighted by molar-refractivity contribution is 1.05. The number of aryl methyl sites for hydroxylation is 1. The van der Waals surface area contributed by atoms with Crippen molar-refractivity contribution in [3.8, 4) is 6.19 Å². The Labute approximate surface area is 101 Å². The van der Waals surface area contributed by atoms with Crippen molar-refractivity contribution >= 4 is 16.9 Å². The number of nitrogens with one attached hydrogen (secondary N) is 1. The van der Waals surface area contributed by atoms with Crippen LogP contribution in [0, 0.1) is 11.5 Å². The fraction of sp³-hybridized carbons (Fsp3) is 0.333. The Kier molecular flexibility index (Phi) is 5.44. The fourth-order valence-electron chi connectivity index (χ4n) is 1.25. The highest BCUT2D eigenvalue weighted by molar-refractivity contribution is 8.13. The van der Waals surface area contributed by atoms with Crippen LogP contribution in [0.25, 0.3) is 0 Å². The van der Waals surface area contributed by atoms with Gasteiger partial charge in [0.05, 0.1) is 6.54 Å². The summed E-state index contributed by atoms with van der Waals surface area (Å²) in [6, 6.07) is 8.38. The van der Waals surface area contributed by atoms with Gasteiger partial charge >= 0.3 is 0 Å². The maximum absolute atomic E-state index is 8.48. The van der Waals surface area contributed by atoms with Crippen LogP contribution in [0.5, 0.6) is 0 Å². The zero-order valence-corrected chi connectivity index (χ0v) is 10.3. The average Bonchev–Trinajstić information content (AvgIpc) is 2.35. The van der Waals surface area contributed by atoms with Crippen LogP contribution >= 0.6 is 11.8 Å². The number of amidine groups is 1. The highest BCUT2D eigenvalue weighted by Gasteiger charge is 1.95. The van der Waals surface area contributed by atoms with Gasteiger partial charge in [-0.2, -0.15) is 5.26 Å². The van der Waals surface area contributed by atoms with E-state index in [9.17, 15) is 0 Å². The largest absolute Gasteiger partial charge is 0.272 e. The van der Waals surface area contributed by atoms with Crippen LogP contribution in [0.1, 0.15) is 18.1 Å². The summed E-state index contributed by atoms with van der Waals surface area (Å²) in [6.45, 7) is 2.74. The molecule has 0 heterocycles. The molecule has 0 aliphatic carbocycles. The second-order valence-corrected chi connectivity index (χ2v) is 4.03. The minimum Gasteiger partial charge on any atom is -0.272 e. The second kappa shape index (κ2) is 6.91. The quantitative estimate of drug-likeness (QED) is 0.378. The van der Waals surface area contributed by atoms with Gasteiger partial charge in [-0.15, -0.1) is 0 Å². The van der Waals surface area contributed by atoms with Gasteiger partial charge in [0.15, 0.2) is 11.4 Å². The lowest BCUT2D eigenvalue weighted by Crippen LogP contribution is -2.13. The van der Waals surface area contributed by atoms with Gasteiger partial charge in [-0.05, 0) is 23.8 Å². The number of aliphatic imine (C=N–C) groups is 1. The van der Waals surface area contributed by atoms with Gasteiger partial charge in [0.25, 0.3) is 0 Å². The fourth-order valence-corrected chi connectivity index (χ4v) is 1.59. The Hall–Kier alpha value is -1.47. The number of hydrogen-bond acceptors (Lipinski definition) is 3. The van der Waals surface area contributed by atoms with Crippen LogP contribution < -0.4 is 5.32 Å². The molecule has 1 aromatic rings. The molecule has 0 spiro atoms. The number of rotatable bonds is 3. The second-order valence-electron chi connectivity index (χ2n) is 3.23. The SMILES string of the molecule is CCc1ccc(CN=C(NC#N)SC)cc1. The van der Waals surface area contributed by atoms with E-state index in [4.69, 9.17) is 5.26 Å². The third-order valence-corrected chi connectivity index (χ3v) is 2.81. The Balaban J connectivity index is 2.62. The molecule has 0 saturated heterocycles. The van der Waals surface area contributed by atoms with Crippen LogP contribution in [0.15, 0.2) is 29.3 Å². The number of thioether (sulfide) groups is 1. The molecule has 0 aromatic heterocycles. The minimum absolute atomic E-state index is 0.606. The molecule has 0 saturated carbocycles. The molecule has 3 nitrogen and oxygen atoms in total. The molecule has 4 heteroatoms. The highest BCUT2D eigenvalue weighted by atomic mass is 32.2. The van der Waals surface area contributed by atoms with E-state index in [1.165, 1.54) is 17.3 Å². The monoisotopic (exact) mass is 233 g/mol. The van der Waals surface area contributed by atoms with Crippen molar-refractivity contribution in [2.45, 2.75) is 19.9 Å². The summed E-state index contributed by atoms with van der Waals surface area (Å²) in [6.07, 6.45) is 4.82. The average molecular weight is 233 g/mol. The summed E-state index contributed by atoms with van der Waals surface area (Å²) in [5.74, 6) is 0. The van der Waals surface area contributed by atoms with E-state index >= 15 is 0 Å². The summed E-state index contributed by atoms with van der Waals surface area (Å²) in [5, 5.41) is 11.7. The number of nitriles is 1. The molecule has 0 amide bonds. The van der Waals surface area contributed by atoms with Crippen LogP contribution in [-0.2, 0) is 13.0 Å². The third-order valence-electron chi connectivity index (χ3n) is 2.19. The molecule has 0 atom stereocenters. The van der Waals surface area contributed by atoms with Crippen molar-refractivity contribution in [3.05, 3.63) is 35.4 Å². The summed E-state index contributed by atoms with van der Waals surface area (Å²) in [7, 11) is 0. The molecule has 0 radical (unpaired) electrons. The van der Waals surface area contributed by atoms with E-state index in [-0.39, 0.29) is 0 Å². The Bertz CT molecular complexity index is 390. The van der Waals surface area contributed by atoms with Crippen LogP contribution in [0.3, 0.4) is 0 Å². The van der Waals surface area contributed by atoms with Crippen molar-refractivity contribution in [3.63, 3.8) is 0 Å². The molecule has 0 unspecified atom stereocenters. The molecule has 84 valence electrons. The molecule has 1 aromatic carbocycles. The standard InChI is InChI=1S/C12H15N3S/c1-3-10-4-6-11(7-5-10)8-14-12(16-2)15-9-13/h4-7H,3,8H2,1-2H3,(H,14,15). The smallest absolute Gasteiger partial charge is 0.183 e. The van der Waals surface area contributed by atoms with Crippen LogP contribution in [0.4, 0.5) is 0 Å². The predicted molar refractivity (Wildman–Crippen MR) is 69.2 cm³/mol. The number of nitrogens with zero attached hydrogens (tertiary/aromatic N) is 2. The van der Waals surface area contributed by atoms with Gasteiger partial charge in [-0.1, -0.05) is 43.0 Å². The lowest BCUT2D eigenvalue weighted by atomic mass is 10.1. The predicted octanol–water partition coefficient (Wildman–Crippen LogP) is 2.54. The first-order valence-electron chi connectivity index (χ1n) is 5.11. The first kappa shape index (κ1) is 12.6. The summed E-state index contributed by atoms with van der Waals surface area (Å²) in [5.41, 5.74) is 2.48. The van der Waals surface area contributed by atoms with E-state index < -0.39 is 0 Å². The first-order chi connectivity index (χ1) is 7.80. The van der Waals surface area contributed by atoms with Gasteiger partial charge in [-0.3, -0.25) is 10.3 Å². The zero-order valence-electron chi connectivity index (χ0n) is 9.53. The van der Waals surface area contributed by atoms with Gasteiger partial charge < -0.3 is 0 Å². The summed E-state index contributed by atoms with van der Waals surface area (Å²) in [4.78, 5) is 4.30. The zero-order chi connectivity index (χ0) is 11.8. The third kappa shape index (κ3) is 3.95. The molecule has 1 rings (SSSR count). The molecular weight excluding hydrogens is 218 g/mol. The molecule has 1 N–H and O–H groups in total. The Morgan fingerprint density at radius 2 is 2.00 bits per heavy atom. The van der Waals surface area contributed by atoms with Gasteiger partial charge in [0, 0.05) is 0 Å². The molecule has 0 aliphatic heterocycles. The molecule has 0 fully saturated rings. The van der Waals surface area contributed by atoms with E-state index in [0.717, 1.165) is 12.0 Å². The van der Waals surface area contributed by atoms with E-state index in [2.05, 4.69) is 41.5 Å². The number of hydrogen-bond donors (Lipinski definition) is 1. The molecular formula is C12H15N3S. The van der Waals surface area contributed by atoms with Crippen molar-refractivity contribution < 1.29 is 0 Å². The van der Waals surface area contributed by atoms with Gasteiger partial charge in [0.1, 0.15) is 0 Å². The lowest BCUT2D eigenvalue weighted by Gasteiger charge is -2.01. The van der Waals surface area contributed by atoms with Crippen molar-refractivity contribution in [1.82, 2.24) is 5.32 Å². The highest BCUT2D eigenvalue weighted by Crippen LogP contribution is 2.07. The first-order valence-corrected chi connectivity index (χ1v) is 6.34. The van der Waals surface area contributed by atoms with Crippen molar-refractivity contribution in [2.24, 2.45) is 4.99 Å². The molecule has 0 bridgehead atoms. The van der Waals surface area contributed by atoms with Crippen molar-refractivity contribution in [1.29, 1.82) is 5.26 Å². The normalized spacial score (nSPS) is 10.9. The molecule has 16 heavy (non-hydrogen) atoms. The van der Waals surface area contributed by atoms with E-state index in [1.807, 2.05) is 12.4 Å². The minimum atomic E-state index is 0.606.